The van der Waals surface area contributed by atoms with E-state index in [1.54, 1.807) is 4.90 Å². The monoisotopic (exact) mass is 483 g/mol. The van der Waals surface area contributed by atoms with Crippen molar-refractivity contribution in [3.05, 3.63) is 35.9 Å². The fraction of sp³-hybridized carbons (Fsp3) is 0.630. The number of cyclic esters (lactones) is 1. The van der Waals surface area contributed by atoms with Crippen LogP contribution >= 0.6 is 0 Å². The number of rotatable bonds is 8. The first kappa shape index (κ1) is 26.5. The van der Waals surface area contributed by atoms with Crippen molar-refractivity contribution in [3.63, 3.8) is 0 Å². The second kappa shape index (κ2) is 12.1. The van der Waals surface area contributed by atoms with Gasteiger partial charge >= 0.3 is 12.2 Å². The zero-order valence-corrected chi connectivity index (χ0v) is 21.1. The molecule has 1 aromatic rings. The molecule has 0 aromatic heterocycles. The molecule has 0 aliphatic carbocycles. The Balaban J connectivity index is 1.56. The molecule has 0 N–H and O–H groups in total. The molecule has 2 aliphatic rings. The Morgan fingerprint density at radius 3 is 2.49 bits per heavy atom. The van der Waals surface area contributed by atoms with Crippen LogP contribution in [0.4, 0.5) is 9.59 Å². The van der Waals surface area contributed by atoms with Crippen LogP contribution in [0, 0.1) is 23.2 Å². The highest BCUT2D eigenvalue weighted by atomic mass is 16.6. The molecule has 0 radical (unpaired) electrons. The SMILES string of the molecule is CC(C)(C)OC(=O)N1CCC(CC[C@@H](CCC#N)C(=O)N2C(=O)OC[C@H]2Cc2ccccc2)CC1. The van der Waals surface area contributed by atoms with E-state index in [1.807, 2.05) is 51.1 Å². The van der Waals surface area contributed by atoms with Crippen molar-refractivity contribution in [1.82, 2.24) is 9.80 Å². The van der Waals surface area contributed by atoms with Crippen LogP contribution in [0.25, 0.3) is 0 Å². The van der Waals surface area contributed by atoms with Gasteiger partial charge in [-0.05, 0) is 70.8 Å². The second-order valence-electron chi connectivity index (χ2n) is 10.5. The number of likely N-dealkylation sites (tertiary alicyclic amines) is 1. The number of hydrogen-bond acceptors (Lipinski definition) is 6. The van der Waals surface area contributed by atoms with Gasteiger partial charge in [0.1, 0.15) is 12.2 Å². The minimum Gasteiger partial charge on any atom is -0.447 e. The van der Waals surface area contributed by atoms with Crippen LogP contribution in [0.1, 0.15) is 64.9 Å². The normalized spacial score (nSPS) is 19.7. The first-order valence-electron chi connectivity index (χ1n) is 12.6. The number of imide groups is 1. The predicted octanol–water partition coefficient (Wildman–Crippen LogP) is 4.92. The molecular formula is C27H37N3O5. The van der Waals surface area contributed by atoms with Crippen molar-refractivity contribution in [2.24, 2.45) is 11.8 Å². The Kier molecular flexibility index (Phi) is 9.13. The van der Waals surface area contributed by atoms with Gasteiger partial charge in [0, 0.05) is 25.4 Å². The Labute approximate surface area is 208 Å². The van der Waals surface area contributed by atoms with Crippen LogP contribution in [0.3, 0.4) is 0 Å². The zero-order chi connectivity index (χ0) is 25.4. The highest BCUT2D eigenvalue weighted by molar-refractivity contribution is 5.94. The van der Waals surface area contributed by atoms with E-state index in [0.29, 0.717) is 38.3 Å². The van der Waals surface area contributed by atoms with Crippen LogP contribution in [0.5, 0.6) is 0 Å². The number of nitriles is 1. The molecule has 2 aliphatic heterocycles. The summed E-state index contributed by atoms with van der Waals surface area (Å²) in [5, 5.41) is 9.12. The van der Waals surface area contributed by atoms with Crippen molar-refractivity contribution < 1.29 is 23.9 Å². The quantitative estimate of drug-likeness (QED) is 0.520. The minimum atomic E-state index is -0.594. The van der Waals surface area contributed by atoms with E-state index in [-0.39, 0.29) is 31.1 Å². The van der Waals surface area contributed by atoms with Gasteiger partial charge in [0.25, 0.3) is 0 Å². The number of hydrogen-bond donors (Lipinski definition) is 0. The highest BCUT2D eigenvalue weighted by Gasteiger charge is 2.40. The molecule has 2 heterocycles. The van der Waals surface area contributed by atoms with Gasteiger partial charge in [0.2, 0.25) is 5.91 Å². The number of nitrogens with zero attached hydrogens (tertiary/aromatic N) is 3. The van der Waals surface area contributed by atoms with Crippen LogP contribution in [-0.4, -0.2) is 59.2 Å². The standard InChI is InChI=1S/C27H37N3O5/c1-27(2,3)35-25(32)29-16-13-20(14-17-29)11-12-22(10-7-15-28)24(31)30-23(19-34-26(30)33)18-21-8-5-4-6-9-21/h4-6,8-9,20,22-23H,7,10-14,16-19H2,1-3H3/t22-,23-/m1/s1. The fourth-order valence-electron chi connectivity index (χ4n) is 4.76. The zero-order valence-electron chi connectivity index (χ0n) is 21.1. The molecule has 8 nitrogen and oxygen atoms in total. The first-order valence-corrected chi connectivity index (χ1v) is 12.6. The summed E-state index contributed by atoms with van der Waals surface area (Å²) in [7, 11) is 0. The molecule has 3 rings (SSSR count). The van der Waals surface area contributed by atoms with Crippen LogP contribution < -0.4 is 0 Å². The minimum absolute atomic E-state index is 0.188. The Morgan fingerprint density at radius 1 is 1.17 bits per heavy atom. The van der Waals surface area contributed by atoms with E-state index >= 15 is 0 Å². The third-order valence-electron chi connectivity index (χ3n) is 6.66. The molecule has 2 saturated heterocycles. The van der Waals surface area contributed by atoms with Crippen LogP contribution in [0.15, 0.2) is 30.3 Å². The van der Waals surface area contributed by atoms with Gasteiger partial charge in [0.05, 0.1) is 12.1 Å². The average Bonchev–Trinajstić information content (AvgIpc) is 3.18. The molecule has 1 aromatic carbocycles. The molecule has 2 fully saturated rings. The summed E-state index contributed by atoms with van der Waals surface area (Å²) >= 11 is 0. The topological polar surface area (TPSA) is 99.9 Å². The maximum Gasteiger partial charge on any atom is 0.416 e. The van der Waals surface area contributed by atoms with Gasteiger partial charge in [-0.3, -0.25) is 4.79 Å². The predicted molar refractivity (Wildman–Crippen MR) is 130 cm³/mol. The van der Waals surface area contributed by atoms with E-state index in [2.05, 4.69) is 6.07 Å². The van der Waals surface area contributed by atoms with E-state index in [4.69, 9.17) is 14.7 Å². The average molecular weight is 484 g/mol. The third kappa shape index (κ3) is 7.71. The summed E-state index contributed by atoms with van der Waals surface area (Å²) in [5.74, 6) is -0.256. The number of carbonyl (C=O) groups excluding carboxylic acids is 3. The van der Waals surface area contributed by atoms with E-state index in [9.17, 15) is 14.4 Å². The lowest BCUT2D eigenvalue weighted by atomic mass is 9.86. The first-order chi connectivity index (χ1) is 16.7. The Morgan fingerprint density at radius 2 is 1.86 bits per heavy atom. The molecule has 0 unspecified atom stereocenters. The molecule has 3 amide bonds. The lowest BCUT2D eigenvalue weighted by Crippen LogP contribution is -2.44. The third-order valence-corrected chi connectivity index (χ3v) is 6.66. The Hall–Kier alpha value is -3.08. The summed E-state index contributed by atoms with van der Waals surface area (Å²) < 4.78 is 10.7. The summed E-state index contributed by atoms with van der Waals surface area (Å²) in [6.45, 7) is 7.03. The lowest BCUT2D eigenvalue weighted by molar-refractivity contribution is -0.134. The van der Waals surface area contributed by atoms with Gasteiger partial charge in [-0.15, -0.1) is 0 Å². The van der Waals surface area contributed by atoms with Gasteiger partial charge < -0.3 is 14.4 Å². The van der Waals surface area contributed by atoms with Crippen LogP contribution in [0.2, 0.25) is 0 Å². The second-order valence-corrected chi connectivity index (χ2v) is 10.5. The molecule has 0 saturated carbocycles. The summed E-state index contributed by atoms with van der Waals surface area (Å²) in [5.41, 5.74) is 0.524. The van der Waals surface area contributed by atoms with Crippen LogP contribution in [-0.2, 0) is 20.7 Å². The molecule has 2 atom stereocenters. The fourth-order valence-corrected chi connectivity index (χ4v) is 4.76. The van der Waals surface area contributed by atoms with E-state index in [1.165, 1.54) is 4.90 Å². The van der Waals surface area contributed by atoms with Crippen molar-refractivity contribution in [2.75, 3.05) is 19.7 Å². The molecule has 35 heavy (non-hydrogen) atoms. The van der Waals surface area contributed by atoms with E-state index in [0.717, 1.165) is 24.8 Å². The summed E-state index contributed by atoms with van der Waals surface area (Å²) in [6.07, 6.45) is 3.48. The maximum absolute atomic E-state index is 13.5. The smallest absolute Gasteiger partial charge is 0.416 e. The largest absolute Gasteiger partial charge is 0.447 e. The van der Waals surface area contributed by atoms with Gasteiger partial charge in [-0.2, -0.15) is 5.26 Å². The summed E-state index contributed by atoms with van der Waals surface area (Å²) in [6, 6.07) is 11.5. The maximum atomic E-state index is 13.5. The number of carbonyl (C=O) groups is 3. The van der Waals surface area contributed by atoms with Gasteiger partial charge in [-0.1, -0.05) is 30.3 Å². The molecule has 190 valence electrons. The molecule has 0 bridgehead atoms. The number of piperidine rings is 1. The van der Waals surface area contributed by atoms with Gasteiger partial charge in [0.15, 0.2) is 0 Å². The van der Waals surface area contributed by atoms with Crippen molar-refractivity contribution in [3.8, 4) is 6.07 Å². The lowest BCUT2D eigenvalue weighted by Gasteiger charge is -2.34. The summed E-state index contributed by atoms with van der Waals surface area (Å²) in [4.78, 5) is 41.3. The van der Waals surface area contributed by atoms with Crippen molar-refractivity contribution in [1.29, 1.82) is 5.26 Å². The number of ether oxygens (including phenoxy) is 2. The van der Waals surface area contributed by atoms with E-state index < -0.39 is 17.6 Å². The number of benzene rings is 1. The van der Waals surface area contributed by atoms with Crippen molar-refractivity contribution in [2.45, 2.75) is 77.4 Å². The molecular weight excluding hydrogens is 446 g/mol. The van der Waals surface area contributed by atoms with Gasteiger partial charge in [-0.25, -0.2) is 14.5 Å². The number of amides is 3. The molecule has 8 heteroatoms. The Bertz CT molecular complexity index is 913. The molecule has 0 spiro atoms. The van der Waals surface area contributed by atoms with Crippen molar-refractivity contribution >= 4 is 18.1 Å². The highest BCUT2D eigenvalue weighted by Crippen LogP contribution is 2.29.